The van der Waals surface area contributed by atoms with E-state index in [0.29, 0.717) is 10.8 Å². The van der Waals surface area contributed by atoms with Gasteiger partial charge in [-0.3, -0.25) is 4.79 Å². The van der Waals surface area contributed by atoms with Crippen LogP contribution >= 0.6 is 11.6 Å². The molecule has 0 radical (unpaired) electrons. The van der Waals surface area contributed by atoms with Crippen LogP contribution in [0.15, 0.2) is 47.6 Å². The van der Waals surface area contributed by atoms with E-state index >= 15 is 0 Å². The van der Waals surface area contributed by atoms with E-state index in [4.69, 9.17) is 16.3 Å². The molecule has 6 heteroatoms. The Morgan fingerprint density at radius 1 is 1.35 bits per heavy atom. The van der Waals surface area contributed by atoms with Crippen molar-refractivity contribution in [2.24, 2.45) is 5.10 Å². The summed E-state index contributed by atoms with van der Waals surface area (Å²) in [5.74, 6) is -0.284. The number of hydrazone groups is 1. The summed E-state index contributed by atoms with van der Waals surface area (Å²) in [5.41, 5.74) is 3.43. The van der Waals surface area contributed by atoms with E-state index in [1.54, 1.807) is 43.3 Å². The van der Waals surface area contributed by atoms with Crippen molar-refractivity contribution in [3.63, 3.8) is 0 Å². The molecule has 0 saturated carbocycles. The van der Waals surface area contributed by atoms with Gasteiger partial charge in [0.15, 0.2) is 6.10 Å². The zero-order chi connectivity index (χ0) is 16.8. The molecule has 1 N–H and O–H groups in total. The smallest absolute Gasteiger partial charge is 0.280 e. The second kappa shape index (κ2) is 7.74. The highest BCUT2D eigenvalue weighted by Crippen LogP contribution is 2.22. The van der Waals surface area contributed by atoms with Crippen molar-refractivity contribution < 1.29 is 13.9 Å². The highest BCUT2D eigenvalue weighted by Gasteiger charge is 2.15. The van der Waals surface area contributed by atoms with Gasteiger partial charge in [0.25, 0.3) is 5.91 Å². The van der Waals surface area contributed by atoms with Crippen LogP contribution in [-0.2, 0) is 4.79 Å². The van der Waals surface area contributed by atoms with Crippen LogP contribution in [0.25, 0.3) is 0 Å². The standard InChI is InChI=1S/C17H16ClFN2O2/c1-11-9-14(18)7-8-16(11)23-12(2)17(22)21-20-10-13-5-3-4-6-15(13)19/h3-10,12H,1-2H3,(H,21,22)/b20-10-/t12-/m0/s1. The van der Waals surface area contributed by atoms with E-state index in [1.807, 2.05) is 6.92 Å². The van der Waals surface area contributed by atoms with E-state index in [9.17, 15) is 9.18 Å². The molecule has 0 unspecified atom stereocenters. The summed E-state index contributed by atoms with van der Waals surface area (Å²) in [4.78, 5) is 11.9. The number of hydrogen-bond donors (Lipinski definition) is 1. The van der Waals surface area contributed by atoms with Crippen molar-refractivity contribution in [1.29, 1.82) is 0 Å². The summed E-state index contributed by atoms with van der Waals surface area (Å²) < 4.78 is 19.0. The minimum absolute atomic E-state index is 0.287. The summed E-state index contributed by atoms with van der Waals surface area (Å²) in [6.45, 7) is 3.43. The summed E-state index contributed by atoms with van der Waals surface area (Å²) in [6, 6.07) is 11.3. The molecule has 1 atom stereocenters. The van der Waals surface area contributed by atoms with E-state index < -0.39 is 17.8 Å². The number of carbonyl (C=O) groups is 1. The van der Waals surface area contributed by atoms with Gasteiger partial charge in [-0.15, -0.1) is 0 Å². The molecule has 2 aromatic rings. The van der Waals surface area contributed by atoms with Gasteiger partial charge < -0.3 is 4.74 Å². The summed E-state index contributed by atoms with van der Waals surface area (Å²) in [7, 11) is 0. The number of halogens is 2. The minimum atomic E-state index is -0.757. The fourth-order valence-corrected chi connectivity index (χ4v) is 2.05. The zero-order valence-corrected chi connectivity index (χ0v) is 13.5. The third-order valence-electron chi connectivity index (χ3n) is 3.09. The number of hydrogen-bond acceptors (Lipinski definition) is 3. The van der Waals surface area contributed by atoms with E-state index in [1.165, 1.54) is 12.3 Å². The van der Waals surface area contributed by atoms with Crippen LogP contribution in [-0.4, -0.2) is 18.2 Å². The van der Waals surface area contributed by atoms with Crippen molar-refractivity contribution >= 4 is 23.7 Å². The van der Waals surface area contributed by atoms with E-state index in [2.05, 4.69) is 10.5 Å². The van der Waals surface area contributed by atoms with Gasteiger partial charge in [0.2, 0.25) is 0 Å². The van der Waals surface area contributed by atoms with Gasteiger partial charge >= 0.3 is 0 Å². The van der Waals surface area contributed by atoms with Gasteiger partial charge in [0.05, 0.1) is 6.21 Å². The quantitative estimate of drug-likeness (QED) is 0.669. The van der Waals surface area contributed by atoms with Crippen LogP contribution in [0, 0.1) is 12.7 Å². The lowest BCUT2D eigenvalue weighted by Gasteiger charge is -2.14. The first-order valence-corrected chi connectivity index (χ1v) is 7.35. The molecule has 23 heavy (non-hydrogen) atoms. The SMILES string of the molecule is Cc1cc(Cl)ccc1O[C@@H](C)C(=O)N/N=C\c1ccccc1F. The first-order chi connectivity index (χ1) is 11.0. The Morgan fingerprint density at radius 3 is 2.78 bits per heavy atom. The molecule has 120 valence electrons. The second-order valence-corrected chi connectivity index (χ2v) is 5.36. The summed E-state index contributed by atoms with van der Waals surface area (Å²) in [5, 5.41) is 4.33. The first kappa shape index (κ1) is 17.0. The van der Waals surface area contributed by atoms with Crippen molar-refractivity contribution in [3.8, 4) is 5.75 Å². The molecule has 0 aliphatic heterocycles. The molecule has 0 bridgehead atoms. The predicted molar refractivity (Wildman–Crippen MR) is 88.4 cm³/mol. The molecule has 0 saturated heterocycles. The maximum Gasteiger partial charge on any atom is 0.280 e. The van der Waals surface area contributed by atoms with Gasteiger partial charge in [0.1, 0.15) is 11.6 Å². The Labute approximate surface area is 138 Å². The molecule has 0 aliphatic rings. The largest absolute Gasteiger partial charge is 0.481 e. The molecular formula is C17H16ClFN2O2. The predicted octanol–water partition coefficient (Wildman–Crippen LogP) is 3.71. The van der Waals surface area contributed by atoms with Crippen molar-refractivity contribution in [2.45, 2.75) is 20.0 Å². The molecule has 0 fully saturated rings. The van der Waals surface area contributed by atoms with Crippen LogP contribution in [0.3, 0.4) is 0 Å². The Morgan fingerprint density at radius 2 is 2.09 bits per heavy atom. The third kappa shape index (κ3) is 4.79. The molecule has 0 aliphatic carbocycles. The average Bonchev–Trinajstić information content (AvgIpc) is 2.51. The Bertz CT molecular complexity index is 734. The van der Waals surface area contributed by atoms with Gasteiger partial charge in [-0.1, -0.05) is 29.8 Å². The Kier molecular flexibility index (Phi) is 5.71. The highest BCUT2D eigenvalue weighted by atomic mass is 35.5. The van der Waals surface area contributed by atoms with Gasteiger partial charge in [-0.2, -0.15) is 5.10 Å². The van der Waals surface area contributed by atoms with E-state index in [0.717, 1.165) is 5.56 Å². The lowest BCUT2D eigenvalue weighted by molar-refractivity contribution is -0.127. The maximum atomic E-state index is 13.4. The van der Waals surface area contributed by atoms with Crippen molar-refractivity contribution in [2.75, 3.05) is 0 Å². The van der Waals surface area contributed by atoms with Gasteiger partial charge in [-0.05, 0) is 43.7 Å². The lowest BCUT2D eigenvalue weighted by Crippen LogP contribution is -2.33. The second-order valence-electron chi connectivity index (χ2n) is 4.93. The number of amides is 1. The normalized spacial score (nSPS) is 12.2. The van der Waals surface area contributed by atoms with Crippen LogP contribution in [0.4, 0.5) is 4.39 Å². The Balaban J connectivity index is 1.94. The number of rotatable bonds is 5. The topological polar surface area (TPSA) is 50.7 Å². The van der Waals surface area contributed by atoms with Crippen molar-refractivity contribution in [1.82, 2.24) is 5.43 Å². The number of nitrogens with zero attached hydrogens (tertiary/aromatic N) is 1. The van der Waals surface area contributed by atoms with Crippen LogP contribution in [0.5, 0.6) is 5.75 Å². The molecule has 0 spiro atoms. The zero-order valence-electron chi connectivity index (χ0n) is 12.7. The third-order valence-corrected chi connectivity index (χ3v) is 3.33. The number of nitrogens with one attached hydrogen (secondary N) is 1. The number of ether oxygens (including phenoxy) is 1. The van der Waals surface area contributed by atoms with E-state index in [-0.39, 0.29) is 5.56 Å². The number of benzene rings is 2. The fourth-order valence-electron chi connectivity index (χ4n) is 1.83. The van der Waals surface area contributed by atoms with Gasteiger partial charge in [-0.25, -0.2) is 9.82 Å². The first-order valence-electron chi connectivity index (χ1n) is 6.97. The molecule has 0 heterocycles. The summed E-state index contributed by atoms with van der Waals surface area (Å²) in [6.07, 6.45) is 0.487. The molecule has 1 amide bonds. The monoisotopic (exact) mass is 334 g/mol. The van der Waals surface area contributed by atoms with Gasteiger partial charge in [0, 0.05) is 10.6 Å². The molecule has 0 aromatic heterocycles. The number of aryl methyl sites for hydroxylation is 1. The fraction of sp³-hybridized carbons (Fsp3) is 0.176. The van der Waals surface area contributed by atoms with Crippen molar-refractivity contribution in [3.05, 3.63) is 64.4 Å². The van der Waals surface area contributed by atoms with Crippen LogP contribution in [0.2, 0.25) is 5.02 Å². The molecular weight excluding hydrogens is 319 g/mol. The average molecular weight is 335 g/mol. The van der Waals surface area contributed by atoms with Crippen LogP contribution < -0.4 is 10.2 Å². The lowest BCUT2D eigenvalue weighted by atomic mass is 10.2. The molecule has 2 rings (SSSR count). The van der Waals surface area contributed by atoms with Crippen LogP contribution in [0.1, 0.15) is 18.1 Å². The molecule has 4 nitrogen and oxygen atoms in total. The molecule has 2 aromatic carbocycles. The maximum absolute atomic E-state index is 13.4. The highest BCUT2D eigenvalue weighted by molar-refractivity contribution is 6.30. The summed E-state index contributed by atoms with van der Waals surface area (Å²) >= 11 is 5.87. The Hall–Kier alpha value is -2.40. The number of carbonyl (C=O) groups excluding carboxylic acids is 1. The minimum Gasteiger partial charge on any atom is -0.481 e.